The molecule has 2 aliphatic heterocycles. The lowest BCUT2D eigenvalue weighted by molar-refractivity contribution is 0.0679. The van der Waals surface area contributed by atoms with Crippen LogP contribution in [0.4, 0.5) is 5.69 Å². The quantitative estimate of drug-likeness (QED) is 0.898. The zero-order valence-corrected chi connectivity index (χ0v) is 14.2. The molecule has 0 radical (unpaired) electrons. The van der Waals surface area contributed by atoms with Crippen molar-refractivity contribution in [1.29, 1.82) is 0 Å². The van der Waals surface area contributed by atoms with Gasteiger partial charge in [-0.2, -0.15) is 0 Å². The van der Waals surface area contributed by atoms with E-state index in [2.05, 4.69) is 10.6 Å². The highest BCUT2D eigenvalue weighted by Crippen LogP contribution is 2.31. The topological polar surface area (TPSA) is 59.6 Å². The van der Waals surface area contributed by atoms with E-state index >= 15 is 0 Å². The van der Waals surface area contributed by atoms with Crippen molar-refractivity contribution in [3.8, 4) is 5.75 Å². The Balaban J connectivity index is 1.48. The molecule has 2 unspecified atom stereocenters. The van der Waals surface area contributed by atoms with Gasteiger partial charge in [0.2, 0.25) is 0 Å². The summed E-state index contributed by atoms with van der Waals surface area (Å²) in [4.78, 5) is 12.4. The summed E-state index contributed by atoms with van der Waals surface area (Å²) in [5.74, 6) is 0.737. The summed E-state index contributed by atoms with van der Waals surface area (Å²) in [5, 5.41) is 6.47. The van der Waals surface area contributed by atoms with Gasteiger partial charge in [-0.05, 0) is 49.6 Å². The van der Waals surface area contributed by atoms with Crippen LogP contribution in [0.5, 0.6) is 5.75 Å². The Morgan fingerprint density at radius 2 is 1.96 bits per heavy atom. The molecule has 25 heavy (non-hydrogen) atoms. The maximum Gasteiger partial charge on any atom is 0.255 e. The van der Waals surface area contributed by atoms with Gasteiger partial charge in [-0.25, -0.2) is 0 Å². The predicted molar refractivity (Wildman–Crippen MR) is 95.8 cm³/mol. The summed E-state index contributed by atoms with van der Waals surface area (Å²) in [6.07, 6.45) is 2.37. The van der Waals surface area contributed by atoms with Gasteiger partial charge in [0.15, 0.2) is 0 Å². The van der Waals surface area contributed by atoms with Crippen molar-refractivity contribution in [3.63, 3.8) is 0 Å². The second-order valence-electron chi connectivity index (χ2n) is 6.72. The van der Waals surface area contributed by atoms with Gasteiger partial charge in [0, 0.05) is 12.3 Å². The highest BCUT2D eigenvalue weighted by Gasteiger charge is 2.34. The average Bonchev–Trinajstić information content (AvgIpc) is 3.14. The zero-order valence-electron chi connectivity index (χ0n) is 14.2. The molecule has 4 rings (SSSR count). The van der Waals surface area contributed by atoms with E-state index in [1.165, 1.54) is 0 Å². The van der Waals surface area contributed by atoms with Gasteiger partial charge >= 0.3 is 0 Å². The lowest BCUT2D eigenvalue weighted by atomic mass is 9.96. The van der Waals surface area contributed by atoms with Crippen LogP contribution in [0.15, 0.2) is 48.5 Å². The number of fused-ring (bicyclic) bond motifs is 1. The Labute approximate surface area is 147 Å². The molecule has 5 heteroatoms. The Morgan fingerprint density at radius 3 is 2.72 bits per heavy atom. The molecule has 1 saturated heterocycles. The van der Waals surface area contributed by atoms with Crippen molar-refractivity contribution in [1.82, 2.24) is 5.32 Å². The number of amides is 1. The Hall–Kier alpha value is -2.53. The third kappa shape index (κ3) is 3.20. The van der Waals surface area contributed by atoms with Crippen LogP contribution in [0.2, 0.25) is 0 Å². The second-order valence-corrected chi connectivity index (χ2v) is 6.72. The number of nitrogens with one attached hydrogen (secondary N) is 2. The van der Waals surface area contributed by atoms with Crippen LogP contribution in [0, 0.1) is 0 Å². The van der Waals surface area contributed by atoms with E-state index in [1.54, 1.807) is 0 Å². The molecule has 2 aromatic rings. The SMILES string of the molecule is CC1(c2ccc(OCC3CCCO3)cc2)NC(=O)c2ccccc2N1. The smallest absolute Gasteiger partial charge is 0.255 e. The van der Waals surface area contributed by atoms with E-state index in [-0.39, 0.29) is 12.0 Å². The number of hydrogen-bond acceptors (Lipinski definition) is 4. The molecular formula is C20H22N2O3. The molecule has 1 amide bonds. The molecule has 2 heterocycles. The monoisotopic (exact) mass is 338 g/mol. The molecule has 5 nitrogen and oxygen atoms in total. The normalized spacial score (nSPS) is 25.0. The number of hydrogen-bond donors (Lipinski definition) is 2. The summed E-state index contributed by atoms with van der Waals surface area (Å²) in [7, 11) is 0. The number of carbonyl (C=O) groups excluding carboxylic acids is 1. The number of carbonyl (C=O) groups is 1. The van der Waals surface area contributed by atoms with Gasteiger partial charge < -0.3 is 20.1 Å². The first kappa shape index (κ1) is 16.0. The molecule has 0 bridgehead atoms. The van der Waals surface area contributed by atoms with E-state index in [1.807, 2.05) is 55.5 Å². The maximum atomic E-state index is 12.4. The number of rotatable bonds is 4. The second kappa shape index (κ2) is 6.41. The number of benzene rings is 2. The van der Waals surface area contributed by atoms with E-state index in [9.17, 15) is 4.79 Å². The van der Waals surface area contributed by atoms with Crippen LogP contribution in [0.3, 0.4) is 0 Å². The summed E-state index contributed by atoms with van der Waals surface area (Å²) < 4.78 is 11.4. The lowest BCUT2D eigenvalue weighted by Crippen LogP contribution is -2.52. The number of para-hydroxylation sites is 1. The fraction of sp³-hybridized carbons (Fsp3) is 0.350. The minimum absolute atomic E-state index is 0.0736. The van der Waals surface area contributed by atoms with Crippen LogP contribution in [0.25, 0.3) is 0 Å². The maximum absolute atomic E-state index is 12.4. The predicted octanol–water partition coefficient (Wildman–Crippen LogP) is 3.27. The molecular weight excluding hydrogens is 316 g/mol. The molecule has 2 aromatic carbocycles. The minimum Gasteiger partial charge on any atom is -0.491 e. The van der Waals surface area contributed by atoms with E-state index < -0.39 is 5.66 Å². The lowest BCUT2D eigenvalue weighted by Gasteiger charge is -2.38. The van der Waals surface area contributed by atoms with Gasteiger partial charge in [0.25, 0.3) is 5.91 Å². The third-order valence-corrected chi connectivity index (χ3v) is 4.81. The number of anilines is 1. The molecule has 2 atom stereocenters. The largest absolute Gasteiger partial charge is 0.491 e. The van der Waals surface area contributed by atoms with Gasteiger partial charge in [0.05, 0.1) is 11.7 Å². The van der Waals surface area contributed by atoms with Crippen molar-refractivity contribution in [2.45, 2.75) is 31.5 Å². The van der Waals surface area contributed by atoms with E-state index in [4.69, 9.17) is 9.47 Å². The van der Waals surface area contributed by atoms with Crippen LogP contribution >= 0.6 is 0 Å². The minimum atomic E-state index is -0.654. The first-order valence-corrected chi connectivity index (χ1v) is 8.69. The van der Waals surface area contributed by atoms with Crippen molar-refractivity contribution < 1.29 is 14.3 Å². The Bertz CT molecular complexity index is 769. The highest BCUT2D eigenvalue weighted by atomic mass is 16.5. The fourth-order valence-electron chi connectivity index (χ4n) is 3.38. The van der Waals surface area contributed by atoms with Gasteiger partial charge in [-0.1, -0.05) is 24.3 Å². The molecule has 2 aliphatic rings. The Kier molecular flexibility index (Phi) is 4.09. The van der Waals surface area contributed by atoms with Crippen molar-refractivity contribution in [3.05, 3.63) is 59.7 Å². The van der Waals surface area contributed by atoms with Crippen LogP contribution in [0.1, 0.15) is 35.7 Å². The summed E-state index contributed by atoms with van der Waals surface area (Å²) in [5.41, 5.74) is 1.82. The third-order valence-electron chi connectivity index (χ3n) is 4.81. The number of ether oxygens (including phenoxy) is 2. The van der Waals surface area contributed by atoms with Gasteiger partial charge in [-0.15, -0.1) is 0 Å². The van der Waals surface area contributed by atoms with Crippen LogP contribution < -0.4 is 15.4 Å². The molecule has 1 fully saturated rings. The molecule has 0 spiro atoms. The molecule has 2 N–H and O–H groups in total. The molecule has 0 saturated carbocycles. The van der Waals surface area contributed by atoms with Crippen molar-refractivity contribution in [2.24, 2.45) is 0 Å². The summed E-state index contributed by atoms with van der Waals surface area (Å²) >= 11 is 0. The highest BCUT2D eigenvalue weighted by molar-refractivity contribution is 6.02. The van der Waals surface area contributed by atoms with E-state index in [0.29, 0.717) is 12.2 Å². The molecule has 0 aliphatic carbocycles. The first-order valence-electron chi connectivity index (χ1n) is 8.69. The average molecular weight is 338 g/mol. The summed E-state index contributed by atoms with van der Waals surface area (Å²) in [6, 6.07) is 15.4. The van der Waals surface area contributed by atoms with Crippen molar-refractivity contribution >= 4 is 11.6 Å². The van der Waals surface area contributed by atoms with Crippen molar-refractivity contribution in [2.75, 3.05) is 18.5 Å². The molecule has 130 valence electrons. The van der Waals surface area contributed by atoms with Gasteiger partial charge in [0.1, 0.15) is 18.0 Å². The zero-order chi connectivity index (χ0) is 17.3. The Morgan fingerprint density at radius 1 is 1.16 bits per heavy atom. The van der Waals surface area contributed by atoms with Crippen LogP contribution in [-0.2, 0) is 10.4 Å². The standard InChI is InChI=1S/C20H22N2O3/c1-20(21-18-7-3-2-6-17(18)19(23)22-20)14-8-10-15(11-9-14)25-13-16-5-4-12-24-16/h2-3,6-11,16,21H,4-5,12-13H2,1H3,(H,22,23). The van der Waals surface area contributed by atoms with Gasteiger partial charge in [-0.3, -0.25) is 4.79 Å². The summed E-state index contributed by atoms with van der Waals surface area (Å²) in [6.45, 7) is 3.38. The fourth-order valence-corrected chi connectivity index (χ4v) is 3.38. The first-order chi connectivity index (χ1) is 12.1. The van der Waals surface area contributed by atoms with E-state index in [0.717, 1.165) is 36.4 Å². The van der Waals surface area contributed by atoms with Crippen LogP contribution in [-0.4, -0.2) is 25.2 Å². The molecule has 0 aromatic heterocycles.